The largest absolute Gasteiger partial charge is 0.497 e. The van der Waals surface area contributed by atoms with E-state index in [1.165, 1.54) is 0 Å². The number of benzene rings is 1. The summed E-state index contributed by atoms with van der Waals surface area (Å²) in [5.41, 5.74) is 0.732. The van der Waals surface area contributed by atoms with Gasteiger partial charge in [0.1, 0.15) is 5.75 Å². The fourth-order valence-electron chi connectivity index (χ4n) is 1.41. The maximum absolute atomic E-state index is 10.2. The number of hydrogen-bond donors (Lipinski definition) is 0. The van der Waals surface area contributed by atoms with Crippen LogP contribution in [0.5, 0.6) is 5.75 Å². The molecular weight excluding hydrogens is 190 g/mol. The molecule has 0 aliphatic heterocycles. The molecule has 0 saturated carbocycles. The van der Waals surface area contributed by atoms with Crippen LogP contribution in [-0.4, -0.2) is 18.7 Å². The van der Waals surface area contributed by atoms with Crippen LogP contribution in [-0.2, 0) is 11.2 Å². The van der Waals surface area contributed by atoms with E-state index in [4.69, 9.17) is 4.74 Å². The molecule has 1 rings (SSSR count). The Balaban J connectivity index is 2.76. The van der Waals surface area contributed by atoms with E-state index in [9.17, 15) is 4.79 Å². The van der Waals surface area contributed by atoms with Gasteiger partial charge in [-0.25, -0.2) is 4.79 Å². The monoisotopic (exact) mass is 205 g/mol. The van der Waals surface area contributed by atoms with Crippen molar-refractivity contribution in [2.24, 2.45) is 4.99 Å². The Morgan fingerprint density at radius 2 is 1.93 bits per heavy atom. The summed E-state index contributed by atoms with van der Waals surface area (Å²) < 4.78 is 5.06. The fraction of sp³-hybridized carbons (Fsp3) is 0.417. The second kappa shape index (κ2) is 4.76. The summed E-state index contributed by atoms with van der Waals surface area (Å²) in [5, 5.41) is 0. The van der Waals surface area contributed by atoms with Crippen LogP contribution in [0.4, 0.5) is 0 Å². The predicted molar refractivity (Wildman–Crippen MR) is 58.9 cm³/mol. The quantitative estimate of drug-likeness (QED) is 0.559. The number of ether oxygens (including phenoxy) is 1. The highest BCUT2D eigenvalue weighted by Crippen LogP contribution is 2.18. The first-order valence-corrected chi connectivity index (χ1v) is 4.79. The molecule has 15 heavy (non-hydrogen) atoms. The van der Waals surface area contributed by atoms with Gasteiger partial charge in [-0.2, -0.15) is 4.99 Å². The van der Waals surface area contributed by atoms with Crippen LogP contribution < -0.4 is 4.74 Å². The van der Waals surface area contributed by atoms with Crippen molar-refractivity contribution < 1.29 is 9.53 Å². The Kier molecular flexibility index (Phi) is 3.64. The van der Waals surface area contributed by atoms with Gasteiger partial charge in [0.25, 0.3) is 0 Å². The molecule has 3 heteroatoms. The maximum Gasteiger partial charge on any atom is 0.235 e. The van der Waals surface area contributed by atoms with E-state index in [1.807, 2.05) is 38.1 Å². The zero-order valence-electron chi connectivity index (χ0n) is 9.28. The number of hydrogen-bond acceptors (Lipinski definition) is 3. The minimum absolute atomic E-state index is 0.393. The molecule has 3 nitrogen and oxygen atoms in total. The number of methoxy groups -OCH3 is 1. The molecule has 1 aromatic rings. The van der Waals surface area contributed by atoms with Crippen molar-refractivity contribution in [1.82, 2.24) is 0 Å². The predicted octanol–water partition coefficient (Wildman–Crippen LogP) is 2.35. The molecular formula is C12H15NO2. The number of rotatable bonds is 4. The summed E-state index contributed by atoms with van der Waals surface area (Å²) in [5.74, 6) is 0.829. The van der Waals surface area contributed by atoms with Gasteiger partial charge in [0, 0.05) is 0 Å². The van der Waals surface area contributed by atoms with Gasteiger partial charge in [-0.05, 0) is 38.0 Å². The first-order valence-electron chi connectivity index (χ1n) is 4.79. The van der Waals surface area contributed by atoms with Crippen LogP contribution in [0.15, 0.2) is 29.3 Å². The van der Waals surface area contributed by atoms with Crippen LogP contribution in [0.1, 0.15) is 19.4 Å². The summed E-state index contributed by atoms with van der Waals surface area (Å²) in [4.78, 5) is 14.0. The molecule has 0 amide bonds. The zero-order valence-corrected chi connectivity index (χ0v) is 9.28. The lowest BCUT2D eigenvalue weighted by Crippen LogP contribution is -2.19. The van der Waals surface area contributed by atoms with E-state index in [0.717, 1.165) is 11.3 Å². The highest BCUT2D eigenvalue weighted by molar-refractivity contribution is 5.35. The smallest absolute Gasteiger partial charge is 0.235 e. The van der Waals surface area contributed by atoms with Gasteiger partial charge in [0.05, 0.1) is 12.6 Å². The van der Waals surface area contributed by atoms with Crippen LogP contribution in [0.2, 0.25) is 0 Å². The molecule has 0 unspecified atom stereocenters. The summed E-state index contributed by atoms with van der Waals surface area (Å²) in [6.07, 6.45) is 2.32. The van der Waals surface area contributed by atoms with Crippen molar-refractivity contribution in [2.75, 3.05) is 7.11 Å². The minimum Gasteiger partial charge on any atom is -0.497 e. The lowest BCUT2D eigenvalue weighted by molar-refractivity contribution is 0.414. The first-order chi connectivity index (χ1) is 7.07. The van der Waals surface area contributed by atoms with Gasteiger partial charge in [0.15, 0.2) is 0 Å². The van der Waals surface area contributed by atoms with Gasteiger partial charge >= 0.3 is 0 Å². The lowest BCUT2D eigenvalue weighted by atomic mass is 9.96. The highest BCUT2D eigenvalue weighted by Gasteiger charge is 2.16. The van der Waals surface area contributed by atoms with E-state index in [0.29, 0.717) is 6.42 Å². The number of isocyanates is 1. The molecule has 0 atom stereocenters. The van der Waals surface area contributed by atoms with Gasteiger partial charge in [-0.3, -0.25) is 0 Å². The molecule has 0 heterocycles. The van der Waals surface area contributed by atoms with Crippen molar-refractivity contribution in [2.45, 2.75) is 25.8 Å². The lowest BCUT2D eigenvalue weighted by Gasteiger charge is -2.17. The molecule has 1 aromatic carbocycles. The molecule has 0 bridgehead atoms. The van der Waals surface area contributed by atoms with E-state index in [-0.39, 0.29) is 0 Å². The Morgan fingerprint density at radius 3 is 2.40 bits per heavy atom. The molecule has 0 spiro atoms. The molecule has 0 fully saturated rings. The van der Waals surface area contributed by atoms with Crippen molar-refractivity contribution in [3.05, 3.63) is 29.8 Å². The second-order valence-electron chi connectivity index (χ2n) is 4.04. The van der Waals surface area contributed by atoms with Gasteiger partial charge in [-0.15, -0.1) is 0 Å². The van der Waals surface area contributed by atoms with E-state index in [1.54, 1.807) is 13.2 Å². The summed E-state index contributed by atoms with van der Waals surface area (Å²) in [6, 6.07) is 7.74. The van der Waals surface area contributed by atoms with Crippen LogP contribution >= 0.6 is 0 Å². The van der Waals surface area contributed by atoms with E-state index in [2.05, 4.69) is 4.99 Å². The van der Waals surface area contributed by atoms with Gasteiger partial charge < -0.3 is 4.74 Å². The Morgan fingerprint density at radius 1 is 1.33 bits per heavy atom. The summed E-state index contributed by atoms with van der Waals surface area (Å²) >= 11 is 0. The highest BCUT2D eigenvalue weighted by atomic mass is 16.5. The molecule has 0 aliphatic rings. The fourth-order valence-corrected chi connectivity index (χ4v) is 1.41. The van der Waals surface area contributed by atoms with Gasteiger partial charge in [-0.1, -0.05) is 12.1 Å². The van der Waals surface area contributed by atoms with Crippen molar-refractivity contribution in [1.29, 1.82) is 0 Å². The zero-order chi connectivity index (χ0) is 11.3. The normalized spacial score (nSPS) is 10.6. The van der Waals surface area contributed by atoms with E-state index >= 15 is 0 Å². The van der Waals surface area contributed by atoms with Crippen molar-refractivity contribution in [3.8, 4) is 5.75 Å². The Bertz CT molecular complexity index is 362. The third kappa shape index (κ3) is 3.56. The van der Waals surface area contributed by atoms with Gasteiger partial charge in [0.2, 0.25) is 6.08 Å². The third-order valence-electron chi connectivity index (χ3n) is 2.14. The summed E-state index contributed by atoms with van der Waals surface area (Å²) in [7, 11) is 1.63. The van der Waals surface area contributed by atoms with Crippen molar-refractivity contribution >= 4 is 6.08 Å². The minimum atomic E-state index is -0.393. The maximum atomic E-state index is 10.2. The molecule has 0 aliphatic carbocycles. The molecule has 0 aromatic heterocycles. The van der Waals surface area contributed by atoms with E-state index < -0.39 is 5.54 Å². The second-order valence-corrected chi connectivity index (χ2v) is 4.04. The standard InChI is InChI=1S/C12H15NO2/c1-12(2,13-9-14)8-10-4-6-11(15-3)7-5-10/h4-7H,8H2,1-3H3. The molecule has 0 saturated heterocycles. The topological polar surface area (TPSA) is 38.7 Å². The average Bonchev–Trinajstić information content (AvgIpc) is 2.18. The number of aliphatic imine (C=N–C) groups is 1. The number of nitrogens with zero attached hydrogens (tertiary/aromatic N) is 1. The Hall–Kier alpha value is -1.60. The third-order valence-corrected chi connectivity index (χ3v) is 2.14. The van der Waals surface area contributed by atoms with Crippen molar-refractivity contribution in [3.63, 3.8) is 0 Å². The number of carbonyl (C=O) groups excluding carboxylic acids is 1. The average molecular weight is 205 g/mol. The van der Waals surface area contributed by atoms with Crippen LogP contribution in [0, 0.1) is 0 Å². The molecule has 0 N–H and O–H groups in total. The van der Waals surface area contributed by atoms with Crippen LogP contribution in [0.3, 0.4) is 0 Å². The first kappa shape index (κ1) is 11.5. The Labute approximate surface area is 89.8 Å². The molecule has 0 radical (unpaired) electrons. The van der Waals surface area contributed by atoms with Crippen LogP contribution in [0.25, 0.3) is 0 Å². The molecule has 80 valence electrons. The SMILES string of the molecule is COc1ccc(CC(C)(C)N=C=O)cc1. The summed E-state index contributed by atoms with van der Waals surface area (Å²) in [6.45, 7) is 3.81.